The van der Waals surface area contributed by atoms with Gasteiger partial charge in [0.25, 0.3) is 0 Å². The summed E-state index contributed by atoms with van der Waals surface area (Å²) in [5.41, 5.74) is 13.1. The quantitative estimate of drug-likeness (QED) is 0.492. The lowest BCUT2D eigenvalue weighted by Crippen LogP contribution is -2.28. The molecular formula is C13H21N5. The van der Waals surface area contributed by atoms with Crippen molar-refractivity contribution >= 4 is 5.84 Å². The van der Waals surface area contributed by atoms with Gasteiger partial charge < -0.3 is 21.7 Å². The van der Waals surface area contributed by atoms with E-state index in [4.69, 9.17) is 11.5 Å². The molecule has 5 N–H and O–H groups in total. The first-order valence-electron chi connectivity index (χ1n) is 6.39. The van der Waals surface area contributed by atoms with Gasteiger partial charge >= 0.3 is 0 Å². The number of dihydropyridines is 1. The second-order valence-electron chi connectivity index (χ2n) is 4.51. The Balaban J connectivity index is 1.87. The van der Waals surface area contributed by atoms with Gasteiger partial charge in [0.2, 0.25) is 0 Å². The average molecular weight is 247 g/mol. The molecule has 1 fully saturated rings. The van der Waals surface area contributed by atoms with Crippen molar-refractivity contribution in [3.8, 4) is 0 Å². The first-order chi connectivity index (χ1) is 8.77. The minimum atomic E-state index is 0.414. The van der Waals surface area contributed by atoms with Crippen LogP contribution < -0.4 is 16.8 Å². The number of allylic oxidation sites excluding steroid dienone is 3. The molecule has 0 unspecified atom stereocenters. The van der Waals surface area contributed by atoms with Gasteiger partial charge in [0, 0.05) is 12.7 Å². The highest BCUT2D eigenvalue weighted by Crippen LogP contribution is 2.06. The topological polar surface area (TPSA) is 79.7 Å². The van der Waals surface area contributed by atoms with Crippen LogP contribution in [0.5, 0.6) is 0 Å². The van der Waals surface area contributed by atoms with Crippen molar-refractivity contribution in [2.45, 2.75) is 12.8 Å². The third kappa shape index (κ3) is 3.37. The Morgan fingerprint density at radius 1 is 1.28 bits per heavy atom. The minimum absolute atomic E-state index is 0.414. The van der Waals surface area contributed by atoms with E-state index in [1.54, 1.807) is 0 Å². The lowest BCUT2D eigenvalue weighted by molar-refractivity contribution is 0.349. The minimum Gasteiger partial charge on any atom is -0.394 e. The summed E-state index contributed by atoms with van der Waals surface area (Å²) in [6.45, 7) is 4.04. The zero-order valence-electron chi connectivity index (χ0n) is 10.6. The fourth-order valence-electron chi connectivity index (χ4n) is 2.10. The molecule has 2 rings (SSSR count). The summed E-state index contributed by atoms with van der Waals surface area (Å²) < 4.78 is 0. The predicted octanol–water partition coefficient (Wildman–Crippen LogP) is 0.283. The number of hydrogen-bond acceptors (Lipinski definition) is 4. The molecule has 5 nitrogen and oxygen atoms in total. The van der Waals surface area contributed by atoms with E-state index in [1.807, 2.05) is 24.4 Å². The molecular weight excluding hydrogens is 226 g/mol. The van der Waals surface area contributed by atoms with Gasteiger partial charge in [-0.05, 0) is 38.1 Å². The van der Waals surface area contributed by atoms with Crippen LogP contribution in [0.4, 0.5) is 0 Å². The molecule has 2 aliphatic rings. The van der Waals surface area contributed by atoms with Crippen molar-refractivity contribution < 1.29 is 0 Å². The second-order valence-corrected chi connectivity index (χ2v) is 4.51. The zero-order valence-corrected chi connectivity index (χ0v) is 10.6. The van der Waals surface area contributed by atoms with E-state index in [0.717, 1.165) is 12.2 Å². The Kier molecular flexibility index (Phi) is 4.41. The summed E-state index contributed by atoms with van der Waals surface area (Å²) in [6.07, 6.45) is 10.1. The molecule has 18 heavy (non-hydrogen) atoms. The Morgan fingerprint density at radius 2 is 2.06 bits per heavy atom. The highest BCUT2D eigenvalue weighted by atomic mass is 15.1. The molecule has 0 radical (unpaired) electrons. The fraction of sp³-hybridized carbons (Fsp3) is 0.462. The van der Waals surface area contributed by atoms with Gasteiger partial charge in [-0.2, -0.15) is 0 Å². The van der Waals surface area contributed by atoms with Gasteiger partial charge in [0.05, 0.1) is 17.9 Å². The Labute approximate surface area is 108 Å². The monoisotopic (exact) mass is 247 g/mol. The smallest absolute Gasteiger partial charge is 0.144 e. The van der Waals surface area contributed by atoms with Crippen LogP contribution in [0.1, 0.15) is 12.8 Å². The van der Waals surface area contributed by atoms with Crippen molar-refractivity contribution in [3.05, 3.63) is 35.8 Å². The molecule has 0 saturated carbocycles. The highest BCUT2D eigenvalue weighted by molar-refractivity contribution is 5.97. The molecule has 5 heteroatoms. The van der Waals surface area contributed by atoms with Crippen LogP contribution in [-0.4, -0.2) is 36.9 Å². The van der Waals surface area contributed by atoms with Crippen LogP contribution in [0.25, 0.3) is 0 Å². The summed E-state index contributed by atoms with van der Waals surface area (Å²) in [4.78, 5) is 6.74. The van der Waals surface area contributed by atoms with Gasteiger partial charge in [-0.3, -0.25) is 4.99 Å². The summed E-state index contributed by atoms with van der Waals surface area (Å²) in [5, 5.41) is 3.05. The summed E-state index contributed by atoms with van der Waals surface area (Å²) in [5.74, 6) is 0.414. The molecule has 2 heterocycles. The predicted molar refractivity (Wildman–Crippen MR) is 74.8 cm³/mol. The van der Waals surface area contributed by atoms with Crippen molar-refractivity contribution in [2.24, 2.45) is 16.5 Å². The zero-order chi connectivity index (χ0) is 12.8. The molecule has 0 amide bonds. The van der Waals surface area contributed by atoms with Crippen LogP contribution in [0.15, 0.2) is 40.8 Å². The van der Waals surface area contributed by atoms with Crippen LogP contribution in [0.3, 0.4) is 0 Å². The molecule has 0 aromatic heterocycles. The number of hydrogen-bond donors (Lipinski definition) is 3. The van der Waals surface area contributed by atoms with Crippen molar-refractivity contribution in [1.29, 1.82) is 0 Å². The van der Waals surface area contributed by atoms with Crippen LogP contribution >= 0.6 is 0 Å². The standard InChI is InChI=1S/C13H21N5/c14-12(11-5-1-2-6-16-11)13(15)17-7-10-18-8-3-4-9-18/h1-2,5-6,16H,3-4,7-10,14H2,(H2,15,17)/b12-11+. The first kappa shape index (κ1) is 12.7. The maximum Gasteiger partial charge on any atom is 0.144 e. The second kappa shape index (κ2) is 6.26. The average Bonchev–Trinajstić information content (AvgIpc) is 2.92. The molecule has 0 aromatic rings. The molecule has 1 saturated heterocycles. The SMILES string of the molecule is NC(=NCCN1CCCC1)/C(N)=C1/C=CC=CN1. The number of nitrogens with zero attached hydrogens (tertiary/aromatic N) is 2. The highest BCUT2D eigenvalue weighted by Gasteiger charge is 2.10. The van der Waals surface area contributed by atoms with E-state index in [9.17, 15) is 0 Å². The van der Waals surface area contributed by atoms with E-state index in [2.05, 4.69) is 15.2 Å². The third-order valence-electron chi connectivity index (χ3n) is 3.17. The number of nitrogens with one attached hydrogen (secondary N) is 1. The summed E-state index contributed by atoms with van der Waals surface area (Å²) in [7, 11) is 0. The number of likely N-dealkylation sites (tertiary alicyclic amines) is 1. The van der Waals surface area contributed by atoms with E-state index in [1.165, 1.54) is 25.9 Å². The lowest BCUT2D eigenvalue weighted by Gasteiger charge is -2.13. The van der Waals surface area contributed by atoms with Crippen molar-refractivity contribution in [2.75, 3.05) is 26.2 Å². The molecule has 2 aliphatic heterocycles. The summed E-state index contributed by atoms with van der Waals surface area (Å²) >= 11 is 0. The Morgan fingerprint density at radius 3 is 2.72 bits per heavy atom. The Bertz CT molecular complexity index is 400. The largest absolute Gasteiger partial charge is 0.394 e. The molecule has 98 valence electrons. The first-order valence-corrected chi connectivity index (χ1v) is 6.39. The molecule has 0 bridgehead atoms. The van der Waals surface area contributed by atoms with Gasteiger partial charge in [0.1, 0.15) is 5.84 Å². The number of amidine groups is 1. The maximum absolute atomic E-state index is 5.95. The van der Waals surface area contributed by atoms with Crippen LogP contribution in [0.2, 0.25) is 0 Å². The molecule has 0 spiro atoms. The van der Waals surface area contributed by atoms with Crippen LogP contribution in [-0.2, 0) is 0 Å². The van der Waals surface area contributed by atoms with Gasteiger partial charge in [-0.15, -0.1) is 0 Å². The fourth-order valence-corrected chi connectivity index (χ4v) is 2.10. The molecule has 0 atom stereocenters. The van der Waals surface area contributed by atoms with Crippen LogP contribution in [0, 0.1) is 0 Å². The number of aliphatic imine (C=N–C) groups is 1. The number of nitrogens with two attached hydrogens (primary N) is 2. The van der Waals surface area contributed by atoms with Gasteiger partial charge in [0.15, 0.2) is 0 Å². The van der Waals surface area contributed by atoms with E-state index < -0.39 is 0 Å². The normalized spacial score (nSPS) is 23.2. The Hall–Kier alpha value is -1.75. The maximum atomic E-state index is 5.95. The van der Waals surface area contributed by atoms with E-state index in [-0.39, 0.29) is 0 Å². The third-order valence-corrected chi connectivity index (χ3v) is 3.17. The van der Waals surface area contributed by atoms with E-state index in [0.29, 0.717) is 18.1 Å². The van der Waals surface area contributed by atoms with Gasteiger partial charge in [-0.1, -0.05) is 6.08 Å². The van der Waals surface area contributed by atoms with Crippen molar-refractivity contribution in [1.82, 2.24) is 10.2 Å². The van der Waals surface area contributed by atoms with Gasteiger partial charge in [-0.25, -0.2) is 0 Å². The molecule has 0 aromatic carbocycles. The molecule has 0 aliphatic carbocycles. The summed E-state index contributed by atoms with van der Waals surface area (Å²) in [6, 6.07) is 0. The lowest BCUT2D eigenvalue weighted by atomic mass is 10.2. The van der Waals surface area contributed by atoms with Crippen molar-refractivity contribution in [3.63, 3.8) is 0 Å². The number of rotatable bonds is 4. The van der Waals surface area contributed by atoms with E-state index >= 15 is 0 Å².